The van der Waals surface area contributed by atoms with Gasteiger partial charge >= 0.3 is 0 Å². The van der Waals surface area contributed by atoms with Gasteiger partial charge < -0.3 is 4.74 Å². The Hall–Kier alpha value is -2.28. The zero-order valence-electron chi connectivity index (χ0n) is 16.0. The van der Waals surface area contributed by atoms with E-state index in [1.165, 1.54) is 17.3 Å². The molecule has 0 atom stereocenters. The average molecular weight is 496 g/mol. The van der Waals surface area contributed by atoms with Gasteiger partial charge in [-0.15, -0.1) is 0 Å². The molecule has 0 bridgehead atoms. The lowest BCUT2D eigenvalue weighted by atomic mass is 10.1. The zero-order valence-corrected chi connectivity index (χ0v) is 19.2. The summed E-state index contributed by atoms with van der Waals surface area (Å²) in [7, 11) is 0. The predicted molar refractivity (Wildman–Crippen MR) is 131 cm³/mol. The Balaban J connectivity index is 1.50. The topological polar surface area (TPSA) is 38.7 Å². The van der Waals surface area contributed by atoms with Gasteiger partial charge in [-0.2, -0.15) is 0 Å². The number of carbonyl (C=O) groups is 1. The van der Waals surface area contributed by atoms with Crippen LogP contribution < -0.4 is 4.74 Å². The molecule has 0 saturated heterocycles. The van der Waals surface area contributed by atoms with Crippen LogP contribution >= 0.6 is 39.5 Å². The van der Waals surface area contributed by atoms with Crippen molar-refractivity contribution in [2.45, 2.75) is 12.4 Å². The molecule has 150 valence electrons. The number of thioether (sulfide) groups is 2. The third-order valence-corrected chi connectivity index (χ3v) is 6.88. The van der Waals surface area contributed by atoms with E-state index in [0.717, 1.165) is 25.7 Å². The Morgan fingerprint density at radius 2 is 1.67 bits per heavy atom. The summed E-state index contributed by atoms with van der Waals surface area (Å²) in [5.74, 6) is 1.50. The van der Waals surface area contributed by atoms with Crippen LogP contribution in [0.1, 0.15) is 16.7 Å². The van der Waals surface area contributed by atoms with Gasteiger partial charge in [0.05, 0.1) is 0 Å². The number of nitrogens with zero attached hydrogens (tertiary/aromatic N) is 1. The standard InChI is InChI=1S/C24H18BrNO2S2/c25-20-11-12-22(28-15-17-7-3-1-4-8-17)19(13-20)14-21-23(27)30-24(26-21)29-16-18-9-5-2-6-10-18/h1-14H,15-16H2/b21-14-. The summed E-state index contributed by atoms with van der Waals surface area (Å²) in [5, 5.41) is -0.0421. The summed E-state index contributed by atoms with van der Waals surface area (Å²) in [6.45, 7) is 0.461. The van der Waals surface area contributed by atoms with Gasteiger partial charge in [-0.3, -0.25) is 4.79 Å². The van der Waals surface area contributed by atoms with Gasteiger partial charge in [-0.1, -0.05) is 88.4 Å². The molecule has 3 aromatic rings. The number of benzene rings is 3. The fourth-order valence-electron chi connectivity index (χ4n) is 2.82. The Labute approximate surface area is 192 Å². The molecule has 30 heavy (non-hydrogen) atoms. The molecule has 1 heterocycles. The molecular formula is C24H18BrNO2S2. The van der Waals surface area contributed by atoms with Gasteiger partial charge in [-0.25, -0.2) is 4.99 Å². The van der Waals surface area contributed by atoms with E-state index in [2.05, 4.69) is 33.1 Å². The van der Waals surface area contributed by atoms with E-state index in [9.17, 15) is 4.79 Å². The van der Waals surface area contributed by atoms with Crippen LogP contribution in [0.25, 0.3) is 6.08 Å². The molecule has 3 nitrogen and oxygen atoms in total. The van der Waals surface area contributed by atoms with E-state index in [1.54, 1.807) is 17.8 Å². The van der Waals surface area contributed by atoms with Gasteiger partial charge in [0.1, 0.15) is 22.4 Å². The highest BCUT2D eigenvalue weighted by Gasteiger charge is 2.23. The van der Waals surface area contributed by atoms with Gasteiger partial charge in [0.2, 0.25) is 5.12 Å². The second-order valence-corrected chi connectivity index (χ2v) is 9.63. The van der Waals surface area contributed by atoms with Crippen molar-refractivity contribution in [3.8, 4) is 5.75 Å². The molecule has 0 amide bonds. The Bertz CT molecular complexity index is 1100. The third kappa shape index (κ3) is 5.65. The summed E-state index contributed by atoms with van der Waals surface area (Å²) >= 11 is 6.27. The summed E-state index contributed by atoms with van der Waals surface area (Å²) in [4.78, 5) is 17.0. The zero-order chi connectivity index (χ0) is 20.8. The van der Waals surface area contributed by atoms with Crippen LogP contribution in [0.15, 0.2) is 94.0 Å². The number of aliphatic imine (C=N–C) groups is 1. The normalized spacial score (nSPS) is 14.8. The molecule has 6 heteroatoms. The van der Waals surface area contributed by atoms with Crippen molar-refractivity contribution in [1.29, 1.82) is 0 Å². The summed E-state index contributed by atoms with van der Waals surface area (Å²) < 4.78 is 7.71. The van der Waals surface area contributed by atoms with Crippen molar-refractivity contribution < 1.29 is 9.53 Å². The average Bonchev–Trinajstić information content (AvgIpc) is 3.12. The first-order valence-corrected chi connectivity index (χ1v) is 11.9. The van der Waals surface area contributed by atoms with E-state index in [-0.39, 0.29) is 5.12 Å². The lowest BCUT2D eigenvalue weighted by molar-refractivity contribution is -0.107. The van der Waals surface area contributed by atoms with Crippen LogP contribution in [0.4, 0.5) is 0 Å². The van der Waals surface area contributed by atoms with Crippen LogP contribution in [0.5, 0.6) is 5.75 Å². The minimum atomic E-state index is -0.0421. The number of ether oxygens (including phenoxy) is 1. The summed E-state index contributed by atoms with van der Waals surface area (Å²) in [5.41, 5.74) is 3.56. The quantitative estimate of drug-likeness (QED) is 0.347. The molecule has 1 aliphatic heterocycles. The number of hydrogen-bond donors (Lipinski definition) is 0. The van der Waals surface area contributed by atoms with Crippen molar-refractivity contribution in [2.75, 3.05) is 0 Å². The van der Waals surface area contributed by atoms with Gasteiger partial charge in [0.15, 0.2) is 0 Å². The van der Waals surface area contributed by atoms with Gasteiger partial charge in [-0.05, 0) is 47.2 Å². The van der Waals surface area contributed by atoms with Crippen molar-refractivity contribution in [3.05, 3.63) is 106 Å². The fraction of sp³-hybridized carbons (Fsp3) is 0.0833. The van der Waals surface area contributed by atoms with Gasteiger partial charge in [0.25, 0.3) is 0 Å². The lowest BCUT2D eigenvalue weighted by Gasteiger charge is -2.10. The molecule has 0 N–H and O–H groups in total. The Kier molecular flexibility index (Phi) is 7.10. The number of carbonyl (C=O) groups excluding carboxylic acids is 1. The predicted octanol–water partition coefficient (Wildman–Crippen LogP) is 6.93. The van der Waals surface area contributed by atoms with Crippen molar-refractivity contribution >= 4 is 55.0 Å². The van der Waals surface area contributed by atoms with E-state index in [1.807, 2.05) is 66.7 Å². The largest absolute Gasteiger partial charge is 0.488 e. The first-order valence-electron chi connectivity index (χ1n) is 9.33. The molecule has 0 aromatic heterocycles. The minimum Gasteiger partial charge on any atom is -0.488 e. The molecule has 1 aliphatic rings. The van der Waals surface area contributed by atoms with Crippen LogP contribution in [-0.2, 0) is 17.2 Å². The highest BCUT2D eigenvalue weighted by atomic mass is 79.9. The fourth-order valence-corrected chi connectivity index (χ4v) is 4.99. The van der Waals surface area contributed by atoms with E-state index < -0.39 is 0 Å². The molecule has 4 rings (SSSR count). The molecule has 0 unspecified atom stereocenters. The highest BCUT2D eigenvalue weighted by Crippen LogP contribution is 2.34. The first-order chi connectivity index (χ1) is 14.7. The van der Waals surface area contributed by atoms with Crippen LogP contribution in [0.3, 0.4) is 0 Å². The second-order valence-electron chi connectivity index (χ2n) is 6.53. The van der Waals surface area contributed by atoms with Crippen molar-refractivity contribution in [2.24, 2.45) is 4.99 Å². The van der Waals surface area contributed by atoms with Crippen LogP contribution in [0, 0.1) is 0 Å². The maximum absolute atomic E-state index is 12.5. The molecule has 0 radical (unpaired) electrons. The van der Waals surface area contributed by atoms with Crippen LogP contribution in [0.2, 0.25) is 0 Å². The maximum Gasteiger partial charge on any atom is 0.244 e. The van der Waals surface area contributed by atoms with E-state index >= 15 is 0 Å². The highest BCUT2D eigenvalue weighted by molar-refractivity contribution is 9.10. The summed E-state index contributed by atoms with van der Waals surface area (Å²) in [6.07, 6.45) is 1.80. The first kappa shape index (κ1) is 21.0. The number of hydrogen-bond acceptors (Lipinski definition) is 5. The second kappa shape index (κ2) is 10.2. The smallest absolute Gasteiger partial charge is 0.244 e. The van der Waals surface area contributed by atoms with E-state index in [0.29, 0.717) is 18.1 Å². The van der Waals surface area contributed by atoms with E-state index in [4.69, 9.17) is 4.74 Å². The SMILES string of the molecule is O=C1SC(SCc2ccccc2)=N/C1=C\c1cc(Br)ccc1OCc1ccccc1. The monoisotopic (exact) mass is 495 g/mol. The lowest BCUT2D eigenvalue weighted by Crippen LogP contribution is -1.97. The van der Waals surface area contributed by atoms with Crippen molar-refractivity contribution in [3.63, 3.8) is 0 Å². The minimum absolute atomic E-state index is 0.0421. The molecule has 0 saturated carbocycles. The number of rotatable bonds is 6. The Morgan fingerprint density at radius 1 is 0.967 bits per heavy atom. The number of halogens is 1. The maximum atomic E-state index is 12.5. The molecule has 0 spiro atoms. The molecule has 0 fully saturated rings. The Morgan fingerprint density at radius 3 is 2.40 bits per heavy atom. The molecular weight excluding hydrogens is 478 g/mol. The molecule has 3 aromatic carbocycles. The summed E-state index contributed by atoms with van der Waals surface area (Å²) in [6, 6.07) is 25.9. The third-order valence-electron chi connectivity index (χ3n) is 4.31. The van der Waals surface area contributed by atoms with Gasteiger partial charge in [0, 0.05) is 15.8 Å². The molecule has 0 aliphatic carbocycles. The van der Waals surface area contributed by atoms with Crippen molar-refractivity contribution in [1.82, 2.24) is 0 Å². The van der Waals surface area contributed by atoms with Crippen LogP contribution in [-0.4, -0.2) is 9.49 Å².